The Kier molecular flexibility index (Phi) is 4.40. The smallest absolute Gasteiger partial charge is 0.237 e. The van der Waals surface area contributed by atoms with Crippen LogP contribution in [0.3, 0.4) is 0 Å². The molecule has 2 N–H and O–H groups in total. The van der Waals surface area contributed by atoms with E-state index in [1.54, 1.807) is 0 Å². The number of likely N-dealkylation sites (N-methyl/N-ethyl adjacent to an activating group) is 1. The van der Waals surface area contributed by atoms with E-state index in [1.807, 2.05) is 0 Å². The summed E-state index contributed by atoms with van der Waals surface area (Å²) in [5.41, 5.74) is 0. The number of rotatable bonds is 2. The molecule has 0 aromatic rings. The molecule has 0 aliphatic carbocycles. The molecular weight excluding hydrogens is 214 g/mol. The Morgan fingerprint density at radius 3 is 2.94 bits per heavy atom. The summed E-state index contributed by atoms with van der Waals surface area (Å²) in [6.45, 7) is 5.36. The SMILES string of the molecule is CC1CCNC(C(=O)NC2CCCN(C)C2)C1. The van der Waals surface area contributed by atoms with Crippen molar-refractivity contribution in [3.63, 3.8) is 0 Å². The van der Waals surface area contributed by atoms with Crippen molar-refractivity contribution in [3.8, 4) is 0 Å². The van der Waals surface area contributed by atoms with Gasteiger partial charge in [0.2, 0.25) is 5.91 Å². The molecule has 17 heavy (non-hydrogen) atoms. The first kappa shape index (κ1) is 12.8. The van der Waals surface area contributed by atoms with E-state index < -0.39 is 0 Å². The van der Waals surface area contributed by atoms with Crippen LogP contribution >= 0.6 is 0 Å². The van der Waals surface area contributed by atoms with Gasteiger partial charge in [-0.3, -0.25) is 4.79 Å². The van der Waals surface area contributed by atoms with E-state index >= 15 is 0 Å². The molecule has 3 unspecified atom stereocenters. The van der Waals surface area contributed by atoms with Crippen molar-refractivity contribution in [3.05, 3.63) is 0 Å². The third kappa shape index (κ3) is 3.68. The highest BCUT2D eigenvalue weighted by molar-refractivity contribution is 5.82. The van der Waals surface area contributed by atoms with Crippen LogP contribution in [0, 0.1) is 5.92 Å². The largest absolute Gasteiger partial charge is 0.351 e. The predicted octanol–water partition coefficient (Wildman–Crippen LogP) is 0.585. The van der Waals surface area contributed by atoms with E-state index in [9.17, 15) is 4.79 Å². The lowest BCUT2D eigenvalue weighted by Crippen LogP contribution is -2.54. The van der Waals surface area contributed by atoms with Crippen LogP contribution in [-0.4, -0.2) is 49.6 Å². The van der Waals surface area contributed by atoms with Crippen LogP contribution < -0.4 is 10.6 Å². The highest BCUT2D eigenvalue weighted by Gasteiger charge is 2.27. The maximum absolute atomic E-state index is 12.1. The van der Waals surface area contributed by atoms with Crippen LogP contribution in [0.25, 0.3) is 0 Å². The van der Waals surface area contributed by atoms with Gasteiger partial charge < -0.3 is 15.5 Å². The summed E-state index contributed by atoms with van der Waals surface area (Å²) in [7, 11) is 2.12. The van der Waals surface area contributed by atoms with Gasteiger partial charge in [0.15, 0.2) is 0 Å². The quantitative estimate of drug-likeness (QED) is 0.741. The van der Waals surface area contributed by atoms with E-state index in [0.29, 0.717) is 12.0 Å². The van der Waals surface area contributed by atoms with Gasteiger partial charge in [0, 0.05) is 12.6 Å². The van der Waals surface area contributed by atoms with Gasteiger partial charge in [0.05, 0.1) is 6.04 Å². The third-order valence-electron chi connectivity index (χ3n) is 3.95. The predicted molar refractivity (Wildman–Crippen MR) is 68.9 cm³/mol. The molecule has 0 radical (unpaired) electrons. The standard InChI is InChI=1S/C13H25N3O/c1-10-5-6-14-12(8-10)13(17)15-11-4-3-7-16(2)9-11/h10-12,14H,3-9H2,1-2H3,(H,15,17). The summed E-state index contributed by atoms with van der Waals surface area (Å²) >= 11 is 0. The van der Waals surface area contributed by atoms with E-state index in [2.05, 4.69) is 29.5 Å². The Balaban J connectivity index is 1.79. The fourth-order valence-electron chi connectivity index (χ4n) is 2.89. The second kappa shape index (κ2) is 5.83. The number of likely N-dealkylation sites (tertiary alicyclic amines) is 1. The number of carbonyl (C=O) groups excluding carboxylic acids is 1. The summed E-state index contributed by atoms with van der Waals surface area (Å²) in [4.78, 5) is 14.4. The van der Waals surface area contributed by atoms with Gasteiger partial charge in [-0.15, -0.1) is 0 Å². The minimum absolute atomic E-state index is 0.0333. The Bertz CT molecular complexity index is 269. The molecule has 3 atom stereocenters. The maximum atomic E-state index is 12.1. The summed E-state index contributed by atoms with van der Waals surface area (Å²) in [5, 5.41) is 6.52. The number of nitrogens with one attached hydrogen (secondary N) is 2. The van der Waals surface area contributed by atoms with Crippen molar-refractivity contribution in [1.82, 2.24) is 15.5 Å². The highest BCUT2D eigenvalue weighted by Crippen LogP contribution is 2.16. The fraction of sp³-hybridized carbons (Fsp3) is 0.923. The number of hydrogen-bond donors (Lipinski definition) is 2. The number of amides is 1. The first-order valence-electron chi connectivity index (χ1n) is 6.87. The molecule has 0 aromatic heterocycles. The van der Waals surface area contributed by atoms with Gasteiger partial charge in [0.1, 0.15) is 0 Å². The van der Waals surface area contributed by atoms with Crippen molar-refractivity contribution in [2.24, 2.45) is 5.92 Å². The number of nitrogens with zero attached hydrogens (tertiary/aromatic N) is 1. The first-order chi connectivity index (χ1) is 8.15. The van der Waals surface area contributed by atoms with Crippen LogP contribution in [0.5, 0.6) is 0 Å². The minimum atomic E-state index is 0.0333. The van der Waals surface area contributed by atoms with Crippen molar-refractivity contribution in [2.45, 2.75) is 44.7 Å². The number of piperidine rings is 2. The molecule has 2 rings (SSSR count). The molecule has 2 fully saturated rings. The molecule has 1 amide bonds. The molecule has 0 bridgehead atoms. The lowest BCUT2D eigenvalue weighted by Gasteiger charge is -2.33. The topological polar surface area (TPSA) is 44.4 Å². The molecular formula is C13H25N3O. The number of carbonyl (C=O) groups is 1. The fourth-order valence-corrected chi connectivity index (χ4v) is 2.89. The molecule has 98 valence electrons. The average molecular weight is 239 g/mol. The van der Waals surface area contributed by atoms with Crippen molar-refractivity contribution < 1.29 is 4.79 Å². The number of hydrogen-bond acceptors (Lipinski definition) is 3. The lowest BCUT2D eigenvalue weighted by atomic mass is 9.93. The maximum Gasteiger partial charge on any atom is 0.237 e. The second-order valence-electron chi connectivity index (χ2n) is 5.75. The van der Waals surface area contributed by atoms with Gasteiger partial charge in [-0.1, -0.05) is 6.92 Å². The zero-order chi connectivity index (χ0) is 12.3. The summed E-state index contributed by atoms with van der Waals surface area (Å²) in [5.74, 6) is 0.873. The Labute approximate surface area is 104 Å². The van der Waals surface area contributed by atoms with Crippen molar-refractivity contribution >= 4 is 5.91 Å². The molecule has 2 aliphatic rings. The molecule has 2 saturated heterocycles. The molecule has 0 saturated carbocycles. The van der Waals surface area contributed by atoms with E-state index in [0.717, 1.165) is 32.5 Å². The van der Waals surface area contributed by atoms with Gasteiger partial charge >= 0.3 is 0 Å². The monoisotopic (exact) mass is 239 g/mol. The molecule has 2 aliphatic heterocycles. The molecule has 4 heteroatoms. The van der Waals surface area contributed by atoms with Crippen molar-refractivity contribution in [1.29, 1.82) is 0 Å². The van der Waals surface area contributed by atoms with Crippen LogP contribution in [0.1, 0.15) is 32.6 Å². The average Bonchev–Trinajstić information content (AvgIpc) is 2.29. The van der Waals surface area contributed by atoms with Crippen LogP contribution in [0.15, 0.2) is 0 Å². The molecule has 0 spiro atoms. The van der Waals surface area contributed by atoms with Crippen LogP contribution in [0.4, 0.5) is 0 Å². The normalized spacial score (nSPS) is 35.5. The zero-order valence-corrected chi connectivity index (χ0v) is 11.0. The van der Waals surface area contributed by atoms with E-state index in [4.69, 9.17) is 0 Å². The third-order valence-corrected chi connectivity index (χ3v) is 3.95. The van der Waals surface area contributed by atoms with Gasteiger partial charge in [0.25, 0.3) is 0 Å². The van der Waals surface area contributed by atoms with Crippen LogP contribution in [0.2, 0.25) is 0 Å². The van der Waals surface area contributed by atoms with Gasteiger partial charge in [-0.05, 0) is 51.7 Å². The molecule has 2 heterocycles. The minimum Gasteiger partial charge on any atom is -0.351 e. The Hall–Kier alpha value is -0.610. The first-order valence-corrected chi connectivity index (χ1v) is 6.87. The van der Waals surface area contributed by atoms with E-state index in [-0.39, 0.29) is 11.9 Å². The second-order valence-corrected chi connectivity index (χ2v) is 5.75. The molecule has 4 nitrogen and oxygen atoms in total. The van der Waals surface area contributed by atoms with Gasteiger partial charge in [-0.25, -0.2) is 0 Å². The molecule has 0 aromatic carbocycles. The lowest BCUT2D eigenvalue weighted by molar-refractivity contribution is -0.125. The van der Waals surface area contributed by atoms with Crippen molar-refractivity contribution in [2.75, 3.05) is 26.7 Å². The zero-order valence-electron chi connectivity index (χ0n) is 11.0. The Morgan fingerprint density at radius 2 is 2.24 bits per heavy atom. The van der Waals surface area contributed by atoms with E-state index in [1.165, 1.54) is 12.8 Å². The van der Waals surface area contributed by atoms with Crippen LogP contribution in [-0.2, 0) is 4.79 Å². The summed E-state index contributed by atoms with van der Waals surface area (Å²) in [6, 6.07) is 0.381. The summed E-state index contributed by atoms with van der Waals surface area (Å²) < 4.78 is 0. The summed E-state index contributed by atoms with van der Waals surface area (Å²) in [6.07, 6.45) is 4.48. The van der Waals surface area contributed by atoms with Gasteiger partial charge in [-0.2, -0.15) is 0 Å². The Morgan fingerprint density at radius 1 is 1.41 bits per heavy atom. The highest BCUT2D eigenvalue weighted by atomic mass is 16.2.